The number of hydrogen-bond acceptors (Lipinski definition) is 10. The predicted octanol–water partition coefficient (Wildman–Crippen LogP) is 4.10. The van der Waals surface area contributed by atoms with Gasteiger partial charge in [-0.3, -0.25) is 28.7 Å². The van der Waals surface area contributed by atoms with Crippen molar-refractivity contribution in [2.45, 2.75) is 148 Å². The quantitative estimate of drug-likeness (QED) is 0.0812. The summed E-state index contributed by atoms with van der Waals surface area (Å²) in [5.74, 6) is -1.16. The average Bonchev–Trinajstić information content (AvgIpc) is 3.95. The number of methoxy groups -OCH3 is 2. The highest BCUT2D eigenvalue weighted by molar-refractivity contribution is 7.90. The normalized spacial score (nSPS) is 18.8. The molecule has 0 aromatic carbocycles. The minimum atomic E-state index is -3.26. The van der Waals surface area contributed by atoms with Gasteiger partial charge in [0.25, 0.3) is 0 Å². The molecule has 1 saturated heterocycles. The van der Waals surface area contributed by atoms with Gasteiger partial charge in [0.1, 0.15) is 0 Å². The van der Waals surface area contributed by atoms with Crippen LogP contribution in [0.5, 0.6) is 0 Å². The number of nitrogens with zero attached hydrogens (tertiary/aromatic N) is 2. The molecule has 4 N–H and O–H groups in total. The van der Waals surface area contributed by atoms with Crippen LogP contribution in [0.2, 0.25) is 0 Å². The summed E-state index contributed by atoms with van der Waals surface area (Å²) < 4.78 is 34.9. The van der Waals surface area contributed by atoms with Gasteiger partial charge in [-0.05, 0) is 63.5 Å². The molecule has 8 atom stereocenters. The molecular formula is C43H78N6O9S. The first-order valence-corrected chi connectivity index (χ1v) is 22.6. The Hall–Kier alpha value is -3.60. The van der Waals surface area contributed by atoms with Crippen LogP contribution < -0.4 is 20.7 Å². The van der Waals surface area contributed by atoms with E-state index in [1.165, 1.54) is 6.42 Å². The third-order valence-electron chi connectivity index (χ3n) is 10.7. The van der Waals surface area contributed by atoms with Gasteiger partial charge >= 0.3 is 0 Å². The van der Waals surface area contributed by atoms with Crippen molar-refractivity contribution in [3.05, 3.63) is 37.0 Å². The minimum Gasteiger partial charge on any atom is -0.379 e. The van der Waals surface area contributed by atoms with Crippen LogP contribution in [0.15, 0.2) is 37.0 Å². The van der Waals surface area contributed by atoms with Gasteiger partial charge in [-0.2, -0.15) is 0 Å². The van der Waals surface area contributed by atoms with Gasteiger partial charge in [0.05, 0.1) is 54.5 Å². The fourth-order valence-electron chi connectivity index (χ4n) is 7.18. The van der Waals surface area contributed by atoms with E-state index < -0.39 is 40.2 Å². The summed E-state index contributed by atoms with van der Waals surface area (Å²) in [5.41, 5.74) is 0.977. The number of rotatable bonds is 24. The molecule has 0 bridgehead atoms. The number of allylic oxidation sites excluding steroid dienone is 3. The highest BCUT2D eigenvalue weighted by Crippen LogP contribution is 2.30. The highest BCUT2D eigenvalue weighted by atomic mass is 32.2. The molecule has 0 radical (unpaired) electrons. The van der Waals surface area contributed by atoms with E-state index in [4.69, 9.17) is 9.47 Å². The average molecular weight is 855 g/mol. The van der Waals surface area contributed by atoms with Crippen molar-refractivity contribution in [2.24, 2.45) is 17.8 Å². The van der Waals surface area contributed by atoms with Crippen LogP contribution in [-0.4, -0.2) is 131 Å². The maximum atomic E-state index is 13.9. The van der Waals surface area contributed by atoms with Crippen LogP contribution in [0.4, 0.5) is 0 Å². The van der Waals surface area contributed by atoms with Crippen LogP contribution >= 0.6 is 0 Å². The molecule has 59 heavy (non-hydrogen) atoms. The van der Waals surface area contributed by atoms with Crippen LogP contribution in [0.25, 0.3) is 0 Å². The minimum absolute atomic E-state index is 0.0212. The number of likely N-dealkylation sites (N-methyl/N-ethyl adjacent to an activating group) is 2. The number of sulfonamides is 1. The summed E-state index contributed by atoms with van der Waals surface area (Å²) in [7, 11) is 3.30. The smallest absolute Gasteiger partial charge is 0.242 e. The number of nitrogens with one attached hydrogen (secondary N) is 4. The first kappa shape index (κ1) is 55.4. The fourth-order valence-corrected chi connectivity index (χ4v) is 8.26. The molecule has 2 rings (SSSR count). The standard InChI is InChI=1S/C36H63N5O6.C4H7NO3S.C3H8/c1-13-17-27(15-3)20-25(7)39-35(44)26(8)34(47-12)28-18-16-19-41(28)30(42)21-29(46-11)33(24(6)14-2)40(10)31(43)22-38-36(45)32(37-9)23(4)5;6-3-5-9(7,8)4-1-2-4;1-3-2/h13,15,17,23-26,28-29,32-34,37H,1,3,14,16,18-22H2,2,4-12H3,(H,38,45)(H,39,44);3-4H,1-2H2,(H,5,6);3H2,1-2H3/b27-17+;;. The highest BCUT2D eigenvalue weighted by Gasteiger charge is 2.42. The van der Waals surface area contributed by atoms with Crippen LogP contribution in [0, 0.1) is 17.8 Å². The molecule has 1 saturated carbocycles. The second-order valence-corrected chi connectivity index (χ2v) is 17.8. The zero-order valence-corrected chi connectivity index (χ0v) is 38.9. The van der Waals surface area contributed by atoms with Gasteiger partial charge in [0.2, 0.25) is 40.1 Å². The molecule has 0 spiro atoms. The molecule has 16 heteroatoms. The van der Waals surface area contributed by atoms with Crippen LogP contribution in [-0.2, 0) is 43.5 Å². The van der Waals surface area contributed by atoms with E-state index in [1.807, 2.05) is 52.5 Å². The molecule has 8 unspecified atom stereocenters. The van der Waals surface area contributed by atoms with E-state index in [9.17, 15) is 32.4 Å². The monoisotopic (exact) mass is 855 g/mol. The van der Waals surface area contributed by atoms with E-state index in [1.54, 1.807) is 50.1 Å². The molecular weight excluding hydrogens is 777 g/mol. The number of likely N-dealkylation sites (tertiary alicyclic amines) is 1. The molecule has 1 aliphatic heterocycles. The largest absolute Gasteiger partial charge is 0.379 e. The second-order valence-electron chi connectivity index (χ2n) is 15.9. The second kappa shape index (κ2) is 28.8. The van der Waals surface area contributed by atoms with Crippen molar-refractivity contribution < 1.29 is 41.9 Å². The maximum absolute atomic E-state index is 13.9. The molecule has 5 amide bonds. The van der Waals surface area contributed by atoms with Gasteiger partial charge in [-0.15, -0.1) is 0 Å². The van der Waals surface area contributed by atoms with Crippen LogP contribution in [0.1, 0.15) is 107 Å². The molecule has 0 aromatic rings. The predicted molar refractivity (Wildman–Crippen MR) is 235 cm³/mol. The van der Waals surface area contributed by atoms with Crippen molar-refractivity contribution in [2.75, 3.05) is 41.4 Å². The lowest BCUT2D eigenvalue weighted by Gasteiger charge is -2.39. The molecule has 15 nitrogen and oxygen atoms in total. The van der Waals surface area contributed by atoms with Crippen molar-refractivity contribution >= 4 is 40.1 Å². The van der Waals surface area contributed by atoms with Crippen molar-refractivity contribution in [3.63, 3.8) is 0 Å². The first-order chi connectivity index (χ1) is 27.8. The van der Waals surface area contributed by atoms with Gasteiger partial charge in [-0.25, -0.2) is 8.42 Å². The van der Waals surface area contributed by atoms with E-state index in [2.05, 4.69) is 43.0 Å². The number of carbonyl (C=O) groups excluding carboxylic acids is 5. The lowest BCUT2D eigenvalue weighted by molar-refractivity contribution is -0.145. The molecule has 2 aliphatic rings. The Morgan fingerprint density at radius 3 is 2.02 bits per heavy atom. The van der Waals surface area contributed by atoms with Crippen molar-refractivity contribution in [1.82, 2.24) is 30.5 Å². The first-order valence-electron chi connectivity index (χ1n) is 21.0. The van der Waals surface area contributed by atoms with E-state index >= 15 is 0 Å². The van der Waals surface area contributed by atoms with Crippen molar-refractivity contribution in [1.29, 1.82) is 0 Å². The Balaban J connectivity index is 0.00000240. The van der Waals surface area contributed by atoms with Crippen molar-refractivity contribution in [3.8, 4) is 0 Å². The number of ether oxygens (including phenoxy) is 2. The van der Waals surface area contributed by atoms with Gasteiger partial charge < -0.3 is 35.2 Å². The lowest BCUT2D eigenvalue weighted by Crippen LogP contribution is -2.55. The number of amides is 5. The lowest BCUT2D eigenvalue weighted by atomic mass is 9.90. The molecule has 0 aromatic heterocycles. The van der Waals surface area contributed by atoms with Crippen LogP contribution in [0.3, 0.4) is 0 Å². The number of carbonyl (C=O) groups is 5. The Bertz CT molecular complexity index is 1470. The summed E-state index contributed by atoms with van der Waals surface area (Å²) in [5, 5.41) is 8.53. The van der Waals surface area contributed by atoms with Gasteiger partial charge in [0.15, 0.2) is 0 Å². The SMILES string of the molecule is C=C/C=C(\C=C)CC(C)NC(=O)C(C)C(OC)C1CCCN1C(=O)CC(OC)C(C(C)CC)N(C)C(=O)CNC(=O)C(NC)C(C)C.CCC.O=CNS(=O)(=O)C1CC1. The summed E-state index contributed by atoms with van der Waals surface area (Å²) in [6.07, 6.45) is 10.0. The third kappa shape index (κ3) is 18.7. The summed E-state index contributed by atoms with van der Waals surface area (Å²) >= 11 is 0. The molecule has 2 fully saturated rings. The fraction of sp³-hybridized carbons (Fsp3) is 0.744. The van der Waals surface area contributed by atoms with E-state index in [0.29, 0.717) is 32.2 Å². The maximum Gasteiger partial charge on any atom is 0.242 e. The van der Waals surface area contributed by atoms with Gasteiger partial charge in [-0.1, -0.05) is 92.7 Å². The Labute approximate surface area is 356 Å². The van der Waals surface area contributed by atoms with E-state index in [0.717, 1.165) is 18.4 Å². The number of hydrogen-bond donors (Lipinski definition) is 4. The molecule has 340 valence electrons. The summed E-state index contributed by atoms with van der Waals surface area (Å²) in [6, 6.07) is -1.21. The topological polar surface area (TPSA) is 193 Å². The van der Waals surface area contributed by atoms with E-state index in [-0.39, 0.29) is 72.2 Å². The molecule has 1 aliphatic carbocycles. The Kier molecular flexibility index (Phi) is 27.0. The zero-order valence-electron chi connectivity index (χ0n) is 38.0. The van der Waals surface area contributed by atoms with Gasteiger partial charge in [0, 0.05) is 33.9 Å². The molecule has 1 heterocycles. The third-order valence-corrected chi connectivity index (χ3v) is 12.5. The summed E-state index contributed by atoms with van der Waals surface area (Å²) in [6.45, 7) is 23.9. The summed E-state index contributed by atoms with van der Waals surface area (Å²) in [4.78, 5) is 66.3. The Morgan fingerprint density at radius 1 is 0.949 bits per heavy atom. The zero-order chi connectivity index (χ0) is 45.5. The Morgan fingerprint density at radius 2 is 1.56 bits per heavy atom.